The third-order valence-electron chi connectivity index (χ3n) is 2.81. The van der Waals surface area contributed by atoms with E-state index < -0.39 is 0 Å². The number of carbonyl (C=O) groups is 1. The SMILES string of the molecule is COC(=O)C1CCN(c2ncc(Br)cc2Br)C1. The third-order valence-corrected chi connectivity index (χ3v) is 3.83. The zero-order valence-electron chi connectivity index (χ0n) is 9.32. The first-order chi connectivity index (χ1) is 8.11. The number of aromatic nitrogens is 1. The molecule has 92 valence electrons. The predicted octanol–water partition coefficient (Wildman–Crippen LogP) is 2.61. The number of halogens is 2. The Balaban J connectivity index is 2.12. The lowest BCUT2D eigenvalue weighted by atomic mass is 10.1. The second kappa shape index (κ2) is 5.35. The minimum absolute atomic E-state index is 0.0441. The van der Waals surface area contributed by atoms with Crippen molar-refractivity contribution < 1.29 is 9.53 Å². The van der Waals surface area contributed by atoms with Crippen LogP contribution in [0.25, 0.3) is 0 Å². The van der Waals surface area contributed by atoms with E-state index >= 15 is 0 Å². The number of carbonyl (C=O) groups excluding carboxylic acids is 1. The zero-order chi connectivity index (χ0) is 12.4. The molecule has 0 saturated carbocycles. The number of pyridine rings is 1. The molecule has 1 unspecified atom stereocenters. The Labute approximate surface area is 117 Å². The molecule has 0 amide bonds. The largest absolute Gasteiger partial charge is 0.469 e. The van der Waals surface area contributed by atoms with Crippen LogP contribution in [0.5, 0.6) is 0 Å². The van der Waals surface area contributed by atoms with Crippen LogP contribution in [0.4, 0.5) is 5.82 Å². The highest BCUT2D eigenvalue weighted by atomic mass is 79.9. The number of hydrogen-bond donors (Lipinski definition) is 0. The van der Waals surface area contributed by atoms with E-state index in [2.05, 4.69) is 41.7 Å². The molecule has 1 aliphatic heterocycles. The van der Waals surface area contributed by atoms with Gasteiger partial charge in [0, 0.05) is 23.8 Å². The molecule has 1 aromatic heterocycles. The lowest BCUT2D eigenvalue weighted by Gasteiger charge is -2.18. The Bertz CT molecular complexity index is 439. The monoisotopic (exact) mass is 362 g/mol. The van der Waals surface area contributed by atoms with Crippen LogP contribution < -0.4 is 4.90 Å². The van der Waals surface area contributed by atoms with Gasteiger partial charge >= 0.3 is 5.97 Å². The Morgan fingerprint density at radius 2 is 2.35 bits per heavy atom. The molecular weight excluding hydrogens is 352 g/mol. The van der Waals surface area contributed by atoms with Crippen LogP contribution >= 0.6 is 31.9 Å². The van der Waals surface area contributed by atoms with Gasteiger partial charge in [-0.25, -0.2) is 4.98 Å². The summed E-state index contributed by atoms with van der Waals surface area (Å²) < 4.78 is 6.62. The number of nitrogens with zero attached hydrogens (tertiary/aromatic N) is 2. The number of ether oxygens (including phenoxy) is 1. The maximum atomic E-state index is 11.4. The van der Waals surface area contributed by atoms with Crippen molar-refractivity contribution in [3.05, 3.63) is 21.2 Å². The first-order valence-corrected chi connectivity index (χ1v) is 6.84. The molecule has 1 atom stereocenters. The number of methoxy groups -OCH3 is 1. The van der Waals surface area contributed by atoms with Gasteiger partial charge in [0.15, 0.2) is 0 Å². The standard InChI is InChI=1S/C11H12Br2N2O2/c1-17-11(16)7-2-3-15(6-7)10-9(13)4-8(12)5-14-10/h4-5,7H,2-3,6H2,1H3. The summed E-state index contributed by atoms with van der Waals surface area (Å²) >= 11 is 6.85. The fourth-order valence-electron chi connectivity index (χ4n) is 1.95. The van der Waals surface area contributed by atoms with Gasteiger partial charge in [0.05, 0.1) is 17.5 Å². The molecule has 0 spiro atoms. The molecular formula is C11H12Br2N2O2. The highest BCUT2D eigenvalue weighted by molar-refractivity contribution is 9.11. The molecule has 2 rings (SSSR count). The fraction of sp³-hybridized carbons (Fsp3) is 0.455. The van der Waals surface area contributed by atoms with Crippen molar-refractivity contribution in [2.75, 3.05) is 25.1 Å². The van der Waals surface area contributed by atoms with Gasteiger partial charge in [-0.2, -0.15) is 0 Å². The molecule has 0 aromatic carbocycles. The van der Waals surface area contributed by atoms with Crippen LogP contribution in [0.2, 0.25) is 0 Å². The van der Waals surface area contributed by atoms with Crippen molar-refractivity contribution >= 4 is 43.6 Å². The van der Waals surface area contributed by atoms with Crippen molar-refractivity contribution in [3.8, 4) is 0 Å². The maximum Gasteiger partial charge on any atom is 0.310 e. The lowest BCUT2D eigenvalue weighted by Crippen LogP contribution is -2.24. The first-order valence-electron chi connectivity index (χ1n) is 5.25. The number of anilines is 1. The summed E-state index contributed by atoms with van der Waals surface area (Å²) in [5.41, 5.74) is 0. The summed E-state index contributed by atoms with van der Waals surface area (Å²) in [6, 6.07) is 1.95. The van der Waals surface area contributed by atoms with E-state index in [1.165, 1.54) is 7.11 Å². The second-order valence-corrected chi connectivity index (χ2v) is 5.68. The summed E-state index contributed by atoms with van der Waals surface area (Å²) in [6.45, 7) is 1.49. The van der Waals surface area contributed by atoms with Crippen LogP contribution in [-0.4, -0.2) is 31.2 Å². The van der Waals surface area contributed by atoms with E-state index in [1.807, 2.05) is 6.07 Å². The van der Waals surface area contributed by atoms with Gasteiger partial charge in [-0.1, -0.05) is 0 Å². The second-order valence-electron chi connectivity index (χ2n) is 3.91. The zero-order valence-corrected chi connectivity index (χ0v) is 12.5. The van der Waals surface area contributed by atoms with Gasteiger partial charge in [0.1, 0.15) is 5.82 Å². The van der Waals surface area contributed by atoms with E-state index in [1.54, 1.807) is 6.20 Å². The molecule has 1 saturated heterocycles. The topological polar surface area (TPSA) is 42.4 Å². The van der Waals surface area contributed by atoms with E-state index in [9.17, 15) is 4.79 Å². The highest BCUT2D eigenvalue weighted by Crippen LogP contribution is 2.30. The molecule has 4 nitrogen and oxygen atoms in total. The van der Waals surface area contributed by atoms with Gasteiger partial charge in [0.25, 0.3) is 0 Å². The summed E-state index contributed by atoms with van der Waals surface area (Å²) in [5, 5.41) is 0. The van der Waals surface area contributed by atoms with E-state index in [-0.39, 0.29) is 11.9 Å². The van der Waals surface area contributed by atoms with Crippen molar-refractivity contribution in [3.63, 3.8) is 0 Å². The minimum atomic E-state index is -0.138. The Hall–Kier alpha value is -0.620. The molecule has 17 heavy (non-hydrogen) atoms. The van der Waals surface area contributed by atoms with Crippen molar-refractivity contribution in [2.24, 2.45) is 5.92 Å². The van der Waals surface area contributed by atoms with Crippen molar-refractivity contribution in [1.82, 2.24) is 4.98 Å². The Morgan fingerprint density at radius 3 is 3.00 bits per heavy atom. The fourth-order valence-corrected chi connectivity index (χ4v) is 3.19. The van der Waals surface area contributed by atoms with Crippen LogP contribution in [0.3, 0.4) is 0 Å². The number of hydrogen-bond acceptors (Lipinski definition) is 4. The molecule has 1 fully saturated rings. The Kier molecular flexibility index (Phi) is 4.04. The van der Waals surface area contributed by atoms with Gasteiger partial charge in [0.2, 0.25) is 0 Å². The van der Waals surface area contributed by atoms with Crippen LogP contribution in [0.15, 0.2) is 21.2 Å². The summed E-state index contributed by atoms with van der Waals surface area (Å²) in [6.07, 6.45) is 2.57. The van der Waals surface area contributed by atoms with Crippen LogP contribution in [-0.2, 0) is 9.53 Å². The molecule has 6 heteroatoms. The minimum Gasteiger partial charge on any atom is -0.469 e. The van der Waals surface area contributed by atoms with E-state index in [0.717, 1.165) is 27.7 Å². The highest BCUT2D eigenvalue weighted by Gasteiger charge is 2.30. The number of esters is 1. The molecule has 0 N–H and O–H groups in total. The molecule has 1 aromatic rings. The first kappa shape index (κ1) is 12.8. The quantitative estimate of drug-likeness (QED) is 0.757. The molecule has 0 bridgehead atoms. The van der Waals surface area contributed by atoms with Crippen molar-refractivity contribution in [2.45, 2.75) is 6.42 Å². The molecule has 0 radical (unpaired) electrons. The van der Waals surface area contributed by atoms with Crippen molar-refractivity contribution in [1.29, 1.82) is 0 Å². The van der Waals surface area contributed by atoms with Gasteiger partial charge < -0.3 is 9.64 Å². The maximum absolute atomic E-state index is 11.4. The lowest BCUT2D eigenvalue weighted by molar-refractivity contribution is -0.144. The summed E-state index contributed by atoms with van der Waals surface area (Å²) in [5.74, 6) is 0.692. The molecule has 1 aliphatic rings. The molecule has 2 heterocycles. The van der Waals surface area contributed by atoms with Gasteiger partial charge in [-0.15, -0.1) is 0 Å². The summed E-state index contributed by atoms with van der Waals surface area (Å²) in [4.78, 5) is 17.9. The molecule has 0 aliphatic carbocycles. The average molecular weight is 364 g/mol. The third kappa shape index (κ3) is 2.80. The van der Waals surface area contributed by atoms with Crippen LogP contribution in [0.1, 0.15) is 6.42 Å². The Morgan fingerprint density at radius 1 is 1.59 bits per heavy atom. The predicted molar refractivity (Wildman–Crippen MR) is 72.0 cm³/mol. The van der Waals surface area contributed by atoms with E-state index in [4.69, 9.17) is 4.74 Å². The number of rotatable bonds is 2. The van der Waals surface area contributed by atoms with E-state index in [0.29, 0.717) is 6.54 Å². The van der Waals surface area contributed by atoms with Gasteiger partial charge in [-0.05, 0) is 44.3 Å². The summed E-state index contributed by atoms with van der Waals surface area (Å²) in [7, 11) is 1.43. The smallest absolute Gasteiger partial charge is 0.310 e. The van der Waals surface area contributed by atoms with Gasteiger partial charge in [-0.3, -0.25) is 4.79 Å². The normalized spacial score (nSPS) is 19.5. The van der Waals surface area contributed by atoms with Crippen LogP contribution in [0, 0.1) is 5.92 Å². The average Bonchev–Trinajstić information content (AvgIpc) is 2.77.